The molecule has 0 bridgehead atoms. The first-order valence-corrected chi connectivity index (χ1v) is 7.69. The Morgan fingerprint density at radius 2 is 1.87 bits per heavy atom. The van der Waals surface area contributed by atoms with Crippen molar-refractivity contribution >= 4 is 36.6 Å². The predicted octanol–water partition coefficient (Wildman–Crippen LogP) is -0.513. The molecule has 0 aromatic rings. The average molecular weight is 371 g/mol. The number of hydrogen-bond acceptors (Lipinski definition) is 5. The number of carbonyl (C=O) groups excluding carboxylic acids is 2. The molecule has 9 heteroatoms. The van der Waals surface area contributed by atoms with Crippen molar-refractivity contribution in [3.63, 3.8) is 0 Å². The molecular weight excluding hydrogens is 343 g/mol. The fraction of sp³-hybridized carbons (Fsp3) is 0.857. The second-order valence-corrected chi connectivity index (χ2v) is 5.89. The van der Waals surface area contributed by atoms with Crippen LogP contribution in [0.4, 0.5) is 0 Å². The molecule has 0 saturated carbocycles. The van der Waals surface area contributed by atoms with E-state index in [0.29, 0.717) is 32.8 Å². The van der Waals surface area contributed by atoms with Gasteiger partial charge in [-0.25, -0.2) is 0 Å². The van der Waals surface area contributed by atoms with E-state index in [9.17, 15) is 9.59 Å². The molecule has 1 atom stereocenters. The van der Waals surface area contributed by atoms with Gasteiger partial charge in [0.15, 0.2) is 0 Å². The molecule has 2 saturated heterocycles. The lowest BCUT2D eigenvalue weighted by atomic mass is 10.2. The Balaban J connectivity index is 0.00000242. The van der Waals surface area contributed by atoms with Gasteiger partial charge in [0.2, 0.25) is 5.91 Å². The lowest BCUT2D eigenvalue weighted by Gasteiger charge is -2.36. The van der Waals surface area contributed by atoms with Gasteiger partial charge in [-0.15, -0.1) is 24.8 Å². The predicted molar refractivity (Wildman–Crippen MR) is 93.4 cm³/mol. The third-order valence-electron chi connectivity index (χ3n) is 3.70. The quantitative estimate of drug-likeness (QED) is 0.696. The molecule has 2 N–H and O–H groups in total. The molecular formula is C14H28Cl2N4O3. The van der Waals surface area contributed by atoms with Gasteiger partial charge in [0.25, 0.3) is 5.91 Å². The van der Waals surface area contributed by atoms with Gasteiger partial charge in [-0.2, -0.15) is 0 Å². The van der Waals surface area contributed by atoms with Crippen molar-refractivity contribution in [1.82, 2.24) is 20.4 Å². The lowest BCUT2D eigenvalue weighted by molar-refractivity contribution is -0.147. The maximum absolute atomic E-state index is 12.3. The van der Waals surface area contributed by atoms with E-state index in [0.717, 1.165) is 19.6 Å². The summed E-state index contributed by atoms with van der Waals surface area (Å²) in [5, 5.41) is 6.06. The van der Waals surface area contributed by atoms with E-state index >= 15 is 0 Å². The van der Waals surface area contributed by atoms with Crippen LogP contribution in [0.5, 0.6) is 0 Å². The molecule has 0 spiro atoms. The molecule has 0 aromatic carbocycles. The minimum absolute atomic E-state index is 0. The summed E-state index contributed by atoms with van der Waals surface area (Å²) in [5.74, 6) is 0.109. The molecule has 0 aromatic heterocycles. The average Bonchev–Trinajstić information content (AvgIpc) is 2.47. The third-order valence-corrected chi connectivity index (χ3v) is 3.70. The zero-order chi connectivity index (χ0) is 15.2. The van der Waals surface area contributed by atoms with Crippen molar-refractivity contribution < 1.29 is 14.3 Å². The van der Waals surface area contributed by atoms with E-state index in [2.05, 4.69) is 15.5 Å². The van der Waals surface area contributed by atoms with E-state index in [1.807, 2.05) is 18.7 Å². The summed E-state index contributed by atoms with van der Waals surface area (Å²) in [6.07, 6.45) is -0.352. The van der Waals surface area contributed by atoms with Gasteiger partial charge in [-0.3, -0.25) is 14.5 Å². The monoisotopic (exact) mass is 370 g/mol. The van der Waals surface area contributed by atoms with E-state index < -0.39 is 0 Å². The Morgan fingerprint density at radius 1 is 1.22 bits per heavy atom. The van der Waals surface area contributed by atoms with Crippen LogP contribution in [0.15, 0.2) is 0 Å². The third kappa shape index (κ3) is 7.22. The number of morpholine rings is 1. The molecule has 2 heterocycles. The molecule has 23 heavy (non-hydrogen) atoms. The smallest absolute Gasteiger partial charge is 0.253 e. The Morgan fingerprint density at radius 3 is 2.39 bits per heavy atom. The van der Waals surface area contributed by atoms with E-state index in [1.54, 1.807) is 0 Å². The van der Waals surface area contributed by atoms with E-state index in [-0.39, 0.29) is 48.8 Å². The number of ether oxygens (including phenoxy) is 1. The van der Waals surface area contributed by atoms with Crippen LogP contribution in [0.1, 0.15) is 13.8 Å². The minimum atomic E-state index is -0.352. The summed E-state index contributed by atoms with van der Waals surface area (Å²) in [6, 6.07) is 0.163. The summed E-state index contributed by atoms with van der Waals surface area (Å²) in [6.45, 7) is 9.08. The summed E-state index contributed by atoms with van der Waals surface area (Å²) in [7, 11) is 0. The van der Waals surface area contributed by atoms with Crippen LogP contribution in [0, 0.1) is 0 Å². The Hall–Kier alpha value is -0.600. The number of nitrogens with zero attached hydrogens (tertiary/aromatic N) is 2. The largest absolute Gasteiger partial charge is 0.366 e. The van der Waals surface area contributed by atoms with Crippen molar-refractivity contribution in [1.29, 1.82) is 0 Å². The Kier molecular flexibility index (Phi) is 10.8. The second-order valence-electron chi connectivity index (χ2n) is 5.89. The fourth-order valence-corrected chi connectivity index (χ4v) is 2.62. The summed E-state index contributed by atoms with van der Waals surface area (Å²) in [4.78, 5) is 27.9. The van der Waals surface area contributed by atoms with Crippen molar-refractivity contribution in [3.8, 4) is 0 Å². The Labute approximate surface area is 150 Å². The normalized spacial score (nSPS) is 22.0. The number of hydrogen-bond donors (Lipinski definition) is 2. The minimum Gasteiger partial charge on any atom is -0.366 e. The van der Waals surface area contributed by atoms with Crippen LogP contribution in [0.25, 0.3) is 0 Å². The lowest BCUT2D eigenvalue weighted by Crippen LogP contribution is -2.56. The number of nitrogens with one attached hydrogen (secondary N) is 2. The Bertz CT molecular complexity index is 371. The first kappa shape index (κ1) is 22.4. The maximum atomic E-state index is 12.3. The molecule has 2 amide bonds. The molecule has 2 fully saturated rings. The standard InChI is InChI=1S/C14H26N4O3.2ClH/c1-11(2)16-13(19)10-17-4-6-18(7-5-17)14(20)12-9-15-3-8-21-12;;/h11-12,15H,3-10H2,1-2H3,(H,16,19);2*1H. The zero-order valence-electron chi connectivity index (χ0n) is 13.7. The molecule has 7 nitrogen and oxygen atoms in total. The molecule has 2 aliphatic rings. The van der Waals surface area contributed by atoms with Crippen molar-refractivity contribution in [2.75, 3.05) is 52.4 Å². The van der Waals surface area contributed by atoms with E-state index in [4.69, 9.17) is 4.74 Å². The SMILES string of the molecule is CC(C)NC(=O)CN1CCN(C(=O)C2CNCCO2)CC1.Cl.Cl. The zero-order valence-corrected chi connectivity index (χ0v) is 15.4. The molecule has 0 radical (unpaired) electrons. The van der Waals surface area contributed by atoms with Crippen LogP contribution >= 0.6 is 24.8 Å². The van der Waals surface area contributed by atoms with Gasteiger partial charge >= 0.3 is 0 Å². The maximum Gasteiger partial charge on any atom is 0.253 e. The van der Waals surface area contributed by atoms with Crippen molar-refractivity contribution in [3.05, 3.63) is 0 Å². The molecule has 136 valence electrons. The fourth-order valence-electron chi connectivity index (χ4n) is 2.62. The van der Waals surface area contributed by atoms with Gasteiger partial charge in [0.05, 0.1) is 13.2 Å². The summed E-state index contributed by atoms with van der Waals surface area (Å²) < 4.78 is 5.50. The van der Waals surface area contributed by atoms with Crippen LogP contribution in [0.2, 0.25) is 0 Å². The molecule has 2 rings (SSSR count). The van der Waals surface area contributed by atoms with Gasteiger partial charge in [0, 0.05) is 45.3 Å². The van der Waals surface area contributed by atoms with Crippen molar-refractivity contribution in [2.45, 2.75) is 26.0 Å². The highest BCUT2D eigenvalue weighted by molar-refractivity contribution is 5.85. The highest BCUT2D eigenvalue weighted by atomic mass is 35.5. The number of amides is 2. The highest BCUT2D eigenvalue weighted by Gasteiger charge is 2.29. The van der Waals surface area contributed by atoms with Gasteiger partial charge < -0.3 is 20.3 Å². The topological polar surface area (TPSA) is 73.9 Å². The van der Waals surface area contributed by atoms with Crippen LogP contribution < -0.4 is 10.6 Å². The second kappa shape index (κ2) is 11.0. The summed E-state index contributed by atoms with van der Waals surface area (Å²) >= 11 is 0. The number of halogens is 2. The molecule has 2 aliphatic heterocycles. The first-order valence-electron chi connectivity index (χ1n) is 7.69. The first-order chi connectivity index (χ1) is 10.1. The number of piperazine rings is 1. The summed E-state index contributed by atoms with van der Waals surface area (Å²) in [5.41, 5.74) is 0. The van der Waals surface area contributed by atoms with Crippen LogP contribution in [-0.2, 0) is 14.3 Å². The molecule has 1 unspecified atom stereocenters. The van der Waals surface area contributed by atoms with Crippen LogP contribution in [-0.4, -0.2) is 86.2 Å². The van der Waals surface area contributed by atoms with Gasteiger partial charge in [-0.1, -0.05) is 0 Å². The van der Waals surface area contributed by atoms with Gasteiger partial charge in [-0.05, 0) is 13.8 Å². The van der Waals surface area contributed by atoms with Crippen molar-refractivity contribution in [2.24, 2.45) is 0 Å². The van der Waals surface area contributed by atoms with Gasteiger partial charge in [0.1, 0.15) is 6.10 Å². The van der Waals surface area contributed by atoms with E-state index in [1.165, 1.54) is 0 Å². The highest BCUT2D eigenvalue weighted by Crippen LogP contribution is 2.07. The van der Waals surface area contributed by atoms with Crippen LogP contribution in [0.3, 0.4) is 0 Å². The molecule has 0 aliphatic carbocycles. The number of carbonyl (C=O) groups is 2. The number of rotatable bonds is 4.